The molecule has 0 spiro atoms. The average molecular weight is 389 g/mol. The van der Waals surface area contributed by atoms with Crippen molar-refractivity contribution in [2.75, 3.05) is 5.32 Å². The molecule has 28 heavy (non-hydrogen) atoms. The van der Waals surface area contributed by atoms with Crippen molar-refractivity contribution in [2.24, 2.45) is 0 Å². The lowest BCUT2D eigenvalue weighted by Crippen LogP contribution is -2.16. The summed E-state index contributed by atoms with van der Waals surface area (Å²) >= 11 is 6.25. The molecule has 0 saturated heterocycles. The molecule has 0 aliphatic carbocycles. The zero-order valence-electron chi connectivity index (χ0n) is 15.1. The van der Waals surface area contributed by atoms with Gasteiger partial charge in [0.1, 0.15) is 5.69 Å². The molecule has 0 unspecified atom stereocenters. The van der Waals surface area contributed by atoms with Gasteiger partial charge in [-0.1, -0.05) is 60.1 Å². The van der Waals surface area contributed by atoms with Crippen LogP contribution < -0.4 is 5.32 Å². The van der Waals surface area contributed by atoms with Crippen LogP contribution in [0.5, 0.6) is 0 Å². The summed E-state index contributed by atoms with van der Waals surface area (Å²) in [6, 6.07) is 24.5. The van der Waals surface area contributed by atoms with Crippen molar-refractivity contribution in [2.45, 2.75) is 6.92 Å². The average Bonchev–Trinajstić information content (AvgIpc) is 3.11. The summed E-state index contributed by atoms with van der Waals surface area (Å²) in [5.74, 6) is 0.151. The molecule has 0 saturated carbocycles. The number of rotatable bonds is 4. The van der Waals surface area contributed by atoms with E-state index in [4.69, 9.17) is 11.6 Å². The summed E-state index contributed by atoms with van der Waals surface area (Å²) in [7, 11) is 0. The molecule has 138 valence electrons. The van der Waals surface area contributed by atoms with Gasteiger partial charge in [0, 0.05) is 11.3 Å². The van der Waals surface area contributed by atoms with Crippen LogP contribution >= 0.6 is 11.6 Å². The number of benzene rings is 2. The Bertz CT molecular complexity index is 1120. The summed E-state index contributed by atoms with van der Waals surface area (Å²) < 4.78 is 1.72. The number of anilines is 1. The molecule has 0 fully saturated rings. The fourth-order valence-corrected chi connectivity index (χ4v) is 3.10. The van der Waals surface area contributed by atoms with Crippen molar-refractivity contribution in [3.05, 3.63) is 95.3 Å². The minimum Gasteiger partial charge on any atom is -0.321 e. The molecule has 2 aromatic heterocycles. The minimum atomic E-state index is -0.372. The largest absolute Gasteiger partial charge is 0.321 e. The predicted molar refractivity (Wildman–Crippen MR) is 111 cm³/mol. The first-order valence-electron chi connectivity index (χ1n) is 8.77. The molecule has 0 aliphatic heterocycles. The number of aryl methyl sites for hydroxylation is 1. The van der Waals surface area contributed by atoms with E-state index in [2.05, 4.69) is 15.4 Å². The second-order valence-electron chi connectivity index (χ2n) is 6.27. The van der Waals surface area contributed by atoms with Crippen LogP contribution in [0.2, 0.25) is 5.02 Å². The van der Waals surface area contributed by atoms with Crippen molar-refractivity contribution in [1.29, 1.82) is 0 Å². The first-order valence-corrected chi connectivity index (χ1v) is 9.15. The lowest BCUT2D eigenvalue weighted by Gasteiger charge is -2.10. The van der Waals surface area contributed by atoms with E-state index in [1.54, 1.807) is 28.9 Å². The number of para-hydroxylation sites is 1. The lowest BCUT2D eigenvalue weighted by molar-refractivity contribution is 0.102. The Hall–Kier alpha value is -3.44. The Balaban J connectivity index is 1.73. The van der Waals surface area contributed by atoms with E-state index in [0.717, 1.165) is 17.0 Å². The van der Waals surface area contributed by atoms with E-state index >= 15 is 0 Å². The summed E-state index contributed by atoms with van der Waals surface area (Å²) in [6.07, 6.45) is 0. The zero-order valence-corrected chi connectivity index (χ0v) is 15.9. The second-order valence-corrected chi connectivity index (χ2v) is 6.68. The molecule has 0 radical (unpaired) electrons. The SMILES string of the molecule is Cc1cc(-c2ccccc2)n(-c2ccc(Cl)c(C(=O)Nc3ccccc3)n2)n1. The summed E-state index contributed by atoms with van der Waals surface area (Å²) in [4.78, 5) is 17.2. The number of hydrogen-bond acceptors (Lipinski definition) is 3. The molecular formula is C22H17ClN4O. The monoisotopic (exact) mass is 388 g/mol. The molecular weight excluding hydrogens is 372 g/mol. The normalized spacial score (nSPS) is 10.6. The van der Waals surface area contributed by atoms with Gasteiger partial charge in [0.05, 0.1) is 16.4 Å². The maximum Gasteiger partial charge on any atom is 0.275 e. The van der Waals surface area contributed by atoms with Crippen LogP contribution in [0.25, 0.3) is 17.1 Å². The van der Waals surface area contributed by atoms with Gasteiger partial charge in [0.25, 0.3) is 5.91 Å². The van der Waals surface area contributed by atoms with Gasteiger partial charge in [-0.05, 0) is 37.3 Å². The second kappa shape index (κ2) is 7.66. The molecule has 2 heterocycles. The van der Waals surface area contributed by atoms with Gasteiger partial charge in [0.15, 0.2) is 5.82 Å². The summed E-state index contributed by atoms with van der Waals surface area (Å²) in [6.45, 7) is 1.92. The number of amides is 1. The van der Waals surface area contributed by atoms with E-state index in [0.29, 0.717) is 11.5 Å². The van der Waals surface area contributed by atoms with E-state index in [9.17, 15) is 4.79 Å². The fraction of sp³-hybridized carbons (Fsp3) is 0.0455. The van der Waals surface area contributed by atoms with Crippen LogP contribution in [-0.4, -0.2) is 20.7 Å². The number of hydrogen-bond donors (Lipinski definition) is 1. The highest BCUT2D eigenvalue weighted by molar-refractivity contribution is 6.34. The van der Waals surface area contributed by atoms with Gasteiger partial charge in [0.2, 0.25) is 0 Å². The molecule has 4 rings (SSSR count). The Morgan fingerprint density at radius 3 is 2.36 bits per heavy atom. The van der Waals surface area contributed by atoms with Crippen LogP contribution in [0.3, 0.4) is 0 Å². The van der Waals surface area contributed by atoms with E-state index in [1.165, 1.54) is 0 Å². The number of carbonyl (C=O) groups is 1. The number of carbonyl (C=O) groups excluding carboxylic acids is 1. The highest BCUT2D eigenvalue weighted by Gasteiger charge is 2.17. The van der Waals surface area contributed by atoms with Gasteiger partial charge >= 0.3 is 0 Å². The number of pyridine rings is 1. The minimum absolute atomic E-state index is 0.148. The van der Waals surface area contributed by atoms with Crippen LogP contribution in [0.1, 0.15) is 16.2 Å². The van der Waals surface area contributed by atoms with Crippen molar-refractivity contribution in [3.8, 4) is 17.1 Å². The van der Waals surface area contributed by atoms with Crippen LogP contribution in [0, 0.1) is 6.92 Å². The van der Waals surface area contributed by atoms with E-state index in [1.807, 2.05) is 61.5 Å². The quantitative estimate of drug-likeness (QED) is 0.526. The fourth-order valence-electron chi connectivity index (χ4n) is 2.91. The van der Waals surface area contributed by atoms with Gasteiger partial charge in [-0.25, -0.2) is 9.67 Å². The molecule has 0 bridgehead atoms. The molecule has 2 aromatic carbocycles. The highest BCUT2D eigenvalue weighted by Crippen LogP contribution is 2.25. The topological polar surface area (TPSA) is 59.8 Å². The molecule has 0 atom stereocenters. The van der Waals surface area contributed by atoms with Crippen LogP contribution in [-0.2, 0) is 0 Å². The third-order valence-electron chi connectivity index (χ3n) is 4.20. The molecule has 5 nitrogen and oxygen atoms in total. The Morgan fingerprint density at radius 2 is 1.64 bits per heavy atom. The van der Waals surface area contributed by atoms with Gasteiger partial charge in [-0.3, -0.25) is 4.79 Å². The number of aromatic nitrogens is 3. The summed E-state index contributed by atoms with van der Waals surface area (Å²) in [5.41, 5.74) is 3.58. The van der Waals surface area contributed by atoms with Crippen LogP contribution in [0.4, 0.5) is 5.69 Å². The third-order valence-corrected chi connectivity index (χ3v) is 4.50. The lowest BCUT2D eigenvalue weighted by atomic mass is 10.1. The maximum atomic E-state index is 12.7. The zero-order chi connectivity index (χ0) is 19.5. The maximum absolute atomic E-state index is 12.7. The first kappa shape index (κ1) is 17.9. The molecule has 4 aromatic rings. The van der Waals surface area contributed by atoms with Gasteiger partial charge < -0.3 is 5.32 Å². The molecule has 1 amide bonds. The summed E-state index contributed by atoms with van der Waals surface area (Å²) in [5, 5.41) is 7.64. The molecule has 1 N–H and O–H groups in total. The molecule has 6 heteroatoms. The standard InChI is InChI=1S/C22H17ClN4O/c1-15-14-19(16-8-4-2-5-9-16)27(26-15)20-13-12-18(23)21(25-20)22(28)24-17-10-6-3-7-11-17/h2-14H,1H3,(H,24,28). The Labute approximate surface area is 167 Å². The van der Waals surface area contributed by atoms with E-state index < -0.39 is 0 Å². The molecule has 0 aliphatic rings. The van der Waals surface area contributed by atoms with E-state index in [-0.39, 0.29) is 16.6 Å². The third kappa shape index (κ3) is 3.66. The smallest absolute Gasteiger partial charge is 0.275 e. The van der Waals surface area contributed by atoms with Gasteiger partial charge in [-0.15, -0.1) is 0 Å². The first-order chi connectivity index (χ1) is 13.6. The number of nitrogens with one attached hydrogen (secondary N) is 1. The van der Waals surface area contributed by atoms with Crippen molar-refractivity contribution < 1.29 is 4.79 Å². The van der Waals surface area contributed by atoms with Gasteiger partial charge in [-0.2, -0.15) is 5.10 Å². The number of nitrogens with zero attached hydrogens (tertiary/aromatic N) is 3. The van der Waals surface area contributed by atoms with Crippen molar-refractivity contribution in [3.63, 3.8) is 0 Å². The highest BCUT2D eigenvalue weighted by atomic mass is 35.5. The van der Waals surface area contributed by atoms with Crippen molar-refractivity contribution >= 4 is 23.2 Å². The predicted octanol–water partition coefficient (Wildman–Crippen LogP) is 5.15. The van der Waals surface area contributed by atoms with Crippen LogP contribution in [0.15, 0.2) is 78.9 Å². The van der Waals surface area contributed by atoms with Crippen molar-refractivity contribution in [1.82, 2.24) is 14.8 Å². The number of halogens is 1. The Kier molecular flexibility index (Phi) is 4.91. The Morgan fingerprint density at radius 1 is 0.964 bits per heavy atom.